The van der Waals surface area contributed by atoms with Crippen molar-refractivity contribution in [2.75, 3.05) is 5.73 Å². The molecule has 0 radical (unpaired) electrons. The quantitative estimate of drug-likeness (QED) is 0.560. The lowest BCUT2D eigenvalue weighted by molar-refractivity contribution is 0.112. The lowest BCUT2D eigenvalue weighted by Crippen LogP contribution is -1.82. The zero-order valence-electron chi connectivity index (χ0n) is 6.65. The van der Waals surface area contributed by atoms with Crippen LogP contribution in [0.15, 0.2) is 23.1 Å². The highest BCUT2D eigenvalue weighted by molar-refractivity contribution is 7.80. The molecule has 0 saturated carbocycles. The molecule has 2 rings (SSSR count). The lowest BCUT2D eigenvalue weighted by atomic mass is 10.1. The summed E-state index contributed by atoms with van der Waals surface area (Å²) in [5, 5.41) is 1.61. The fourth-order valence-electron chi connectivity index (χ4n) is 1.27. The van der Waals surface area contributed by atoms with Gasteiger partial charge in [-0.1, -0.05) is 0 Å². The van der Waals surface area contributed by atoms with Gasteiger partial charge in [-0.3, -0.25) is 4.79 Å². The Bertz CT molecular complexity index is 476. The van der Waals surface area contributed by atoms with Crippen molar-refractivity contribution in [3.8, 4) is 0 Å². The van der Waals surface area contributed by atoms with Crippen LogP contribution in [0.25, 0.3) is 10.1 Å². The maximum Gasteiger partial charge on any atom is 0.151 e. The summed E-state index contributed by atoms with van der Waals surface area (Å²) in [6.45, 7) is 0. The Morgan fingerprint density at radius 2 is 2.23 bits per heavy atom. The number of anilines is 1. The van der Waals surface area contributed by atoms with E-state index in [-0.39, 0.29) is 0 Å². The Hall–Kier alpha value is -1.00. The van der Waals surface area contributed by atoms with Gasteiger partial charge in [0.1, 0.15) is 0 Å². The fraction of sp³-hybridized carbons (Fsp3) is 0. The van der Waals surface area contributed by atoms with Gasteiger partial charge in [-0.05, 0) is 18.2 Å². The summed E-state index contributed by atoms with van der Waals surface area (Å²) in [6, 6.07) is 5.54. The minimum atomic E-state index is 0.619. The third-order valence-electron chi connectivity index (χ3n) is 1.86. The number of carbonyl (C=O) groups excluding carboxylic acids is 1. The second-order valence-electron chi connectivity index (χ2n) is 2.68. The van der Waals surface area contributed by atoms with Crippen molar-refractivity contribution in [3.63, 3.8) is 0 Å². The summed E-state index contributed by atoms with van der Waals surface area (Å²) in [5.74, 6) is 0. The molecule has 0 amide bonds. The number of thiol groups is 1. The van der Waals surface area contributed by atoms with Crippen LogP contribution in [0.1, 0.15) is 10.4 Å². The number of carbonyl (C=O) groups is 1. The molecule has 0 atom stereocenters. The van der Waals surface area contributed by atoms with Crippen molar-refractivity contribution in [2.45, 2.75) is 4.90 Å². The first-order valence-electron chi connectivity index (χ1n) is 3.68. The largest absolute Gasteiger partial charge is 0.391 e. The van der Waals surface area contributed by atoms with Crippen LogP contribution in [0.5, 0.6) is 0 Å². The molecule has 0 bridgehead atoms. The smallest absolute Gasteiger partial charge is 0.151 e. The average Bonchev–Trinajstić information content (AvgIpc) is 2.45. The van der Waals surface area contributed by atoms with Crippen molar-refractivity contribution in [1.29, 1.82) is 0 Å². The van der Waals surface area contributed by atoms with Crippen LogP contribution in [-0.4, -0.2) is 6.29 Å². The van der Waals surface area contributed by atoms with Gasteiger partial charge in [-0.15, -0.1) is 24.0 Å². The second-order valence-corrected chi connectivity index (χ2v) is 4.27. The van der Waals surface area contributed by atoms with Gasteiger partial charge in [0.15, 0.2) is 6.29 Å². The number of thiophene rings is 1. The monoisotopic (exact) mass is 209 g/mol. The predicted molar refractivity (Wildman–Crippen MR) is 58.9 cm³/mol. The molecular weight excluding hydrogens is 202 g/mol. The van der Waals surface area contributed by atoms with E-state index in [4.69, 9.17) is 5.73 Å². The predicted octanol–water partition coefficient (Wildman–Crippen LogP) is 2.58. The van der Waals surface area contributed by atoms with E-state index in [0.29, 0.717) is 10.5 Å². The number of nitrogens with two attached hydrogens (primary N) is 1. The molecule has 0 aliphatic rings. The Morgan fingerprint density at radius 1 is 1.46 bits per heavy atom. The number of nitrogen functional groups attached to an aromatic ring is 1. The SMILES string of the molecule is Nc1cc2c(C=O)c(S)ccc2s1. The van der Waals surface area contributed by atoms with E-state index in [0.717, 1.165) is 21.4 Å². The first-order chi connectivity index (χ1) is 6.22. The van der Waals surface area contributed by atoms with Gasteiger partial charge < -0.3 is 5.73 Å². The Balaban J connectivity index is 2.90. The van der Waals surface area contributed by atoms with E-state index >= 15 is 0 Å². The zero-order chi connectivity index (χ0) is 9.42. The van der Waals surface area contributed by atoms with Crippen LogP contribution in [0.4, 0.5) is 5.00 Å². The van der Waals surface area contributed by atoms with Crippen LogP contribution in [0.2, 0.25) is 0 Å². The van der Waals surface area contributed by atoms with Gasteiger partial charge in [0.25, 0.3) is 0 Å². The molecule has 13 heavy (non-hydrogen) atoms. The van der Waals surface area contributed by atoms with Gasteiger partial charge in [0.05, 0.1) is 5.00 Å². The highest BCUT2D eigenvalue weighted by atomic mass is 32.1. The molecule has 4 heteroatoms. The molecule has 0 unspecified atom stereocenters. The van der Waals surface area contributed by atoms with Gasteiger partial charge in [-0.25, -0.2) is 0 Å². The third kappa shape index (κ3) is 1.32. The molecule has 1 aromatic carbocycles. The molecule has 2 N–H and O–H groups in total. The van der Waals surface area contributed by atoms with Gasteiger partial charge in [0.2, 0.25) is 0 Å². The molecule has 2 aromatic rings. The van der Waals surface area contributed by atoms with Crippen LogP contribution in [-0.2, 0) is 0 Å². The molecular formula is C9H7NOS2. The molecule has 0 saturated heterocycles. The van der Waals surface area contributed by atoms with Crippen LogP contribution in [0, 0.1) is 0 Å². The van der Waals surface area contributed by atoms with E-state index < -0.39 is 0 Å². The molecule has 1 aromatic heterocycles. The van der Waals surface area contributed by atoms with Crippen molar-refractivity contribution >= 4 is 45.3 Å². The van der Waals surface area contributed by atoms with E-state index in [9.17, 15) is 4.79 Å². The van der Waals surface area contributed by atoms with Crippen molar-refractivity contribution in [3.05, 3.63) is 23.8 Å². The molecule has 0 aliphatic carbocycles. The van der Waals surface area contributed by atoms with Gasteiger partial charge in [-0.2, -0.15) is 0 Å². The molecule has 2 nitrogen and oxygen atoms in total. The van der Waals surface area contributed by atoms with E-state index in [1.807, 2.05) is 18.2 Å². The first kappa shape index (κ1) is 8.59. The number of rotatable bonds is 1. The highest BCUT2D eigenvalue weighted by Gasteiger charge is 2.06. The summed E-state index contributed by atoms with van der Waals surface area (Å²) >= 11 is 5.67. The van der Waals surface area contributed by atoms with Crippen LogP contribution in [0.3, 0.4) is 0 Å². The minimum absolute atomic E-state index is 0.619. The maximum absolute atomic E-state index is 10.8. The van der Waals surface area contributed by atoms with E-state index in [1.165, 1.54) is 11.3 Å². The number of hydrogen-bond donors (Lipinski definition) is 2. The minimum Gasteiger partial charge on any atom is -0.391 e. The van der Waals surface area contributed by atoms with Crippen molar-refractivity contribution in [1.82, 2.24) is 0 Å². The number of benzene rings is 1. The van der Waals surface area contributed by atoms with Gasteiger partial charge >= 0.3 is 0 Å². The van der Waals surface area contributed by atoms with Crippen LogP contribution < -0.4 is 5.73 Å². The normalized spacial score (nSPS) is 10.5. The maximum atomic E-state index is 10.8. The molecule has 1 heterocycles. The third-order valence-corrected chi connectivity index (χ3v) is 3.18. The number of aldehydes is 1. The van der Waals surface area contributed by atoms with E-state index in [2.05, 4.69) is 12.6 Å². The van der Waals surface area contributed by atoms with Crippen molar-refractivity contribution in [2.24, 2.45) is 0 Å². The standard InChI is InChI=1S/C9H7NOS2/c10-9-3-5-6(4-11)7(12)1-2-8(5)13-9/h1-4,12H,10H2. The fourth-order valence-corrected chi connectivity index (χ4v) is 2.36. The Labute approximate surface area is 84.8 Å². The molecule has 0 fully saturated rings. The summed E-state index contributed by atoms with van der Waals surface area (Å²) in [5.41, 5.74) is 6.26. The van der Waals surface area contributed by atoms with Crippen molar-refractivity contribution < 1.29 is 4.79 Å². The summed E-state index contributed by atoms with van der Waals surface area (Å²) in [7, 11) is 0. The average molecular weight is 209 g/mol. The molecule has 0 aliphatic heterocycles. The van der Waals surface area contributed by atoms with E-state index in [1.54, 1.807) is 0 Å². The van der Waals surface area contributed by atoms with Gasteiger partial charge in [0, 0.05) is 20.5 Å². The summed E-state index contributed by atoms with van der Waals surface area (Å²) in [4.78, 5) is 11.5. The lowest BCUT2D eigenvalue weighted by Gasteiger charge is -1.97. The number of fused-ring (bicyclic) bond motifs is 1. The molecule has 0 spiro atoms. The Kier molecular flexibility index (Phi) is 2.01. The van der Waals surface area contributed by atoms with Crippen LogP contribution >= 0.6 is 24.0 Å². The highest BCUT2D eigenvalue weighted by Crippen LogP contribution is 2.32. The zero-order valence-corrected chi connectivity index (χ0v) is 8.36. The molecule has 66 valence electrons. The Morgan fingerprint density at radius 3 is 2.92 bits per heavy atom. The summed E-state index contributed by atoms with van der Waals surface area (Å²) < 4.78 is 1.03. The summed E-state index contributed by atoms with van der Waals surface area (Å²) in [6.07, 6.45) is 0.816. The number of hydrogen-bond acceptors (Lipinski definition) is 4. The topological polar surface area (TPSA) is 43.1 Å². The second kappa shape index (κ2) is 3.05. The first-order valence-corrected chi connectivity index (χ1v) is 4.95.